The van der Waals surface area contributed by atoms with Gasteiger partial charge in [0.2, 0.25) is 5.91 Å². The highest BCUT2D eigenvalue weighted by Crippen LogP contribution is 2.32. The lowest BCUT2D eigenvalue weighted by atomic mass is 9.91. The summed E-state index contributed by atoms with van der Waals surface area (Å²) in [5, 5.41) is 13.0. The van der Waals surface area contributed by atoms with Gasteiger partial charge in [0.1, 0.15) is 24.0 Å². The molecule has 2 aromatic rings. The van der Waals surface area contributed by atoms with Crippen molar-refractivity contribution in [3.05, 3.63) is 35.9 Å². The summed E-state index contributed by atoms with van der Waals surface area (Å²) < 4.78 is 5.54. The first-order valence-electron chi connectivity index (χ1n) is 10.6. The van der Waals surface area contributed by atoms with Crippen LogP contribution in [-0.4, -0.2) is 68.8 Å². The number of carbonyl (C=O) groups is 1. The van der Waals surface area contributed by atoms with E-state index >= 15 is 0 Å². The van der Waals surface area contributed by atoms with Gasteiger partial charge in [-0.25, -0.2) is 15.0 Å². The number of H-pyrrole nitrogens is 1. The lowest BCUT2D eigenvalue weighted by Gasteiger charge is -2.44. The summed E-state index contributed by atoms with van der Waals surface area (Å²) in [4.78, 5) is 28.0. The van der Waals surface area contributed by atoms with Gasteiger partial charge in [-0.3, -0.25) is 15.2 Å². The summed E-state index contributed by atoms with van der Waals surface area (Å²) in [7, 11) is 1.78. The number of ether oxygens (including phenoxy) is 1. The third-order valence-electron chi connectivity index (χ3n) is 6.21. The number of piperazine rings is 1. The predicted molar refractivity (Wildman–Crippen MR) is 115 cm³/mol. The smallest absolute Gasteiger partial charge is 0.239 e. The zero-order valence-corrected chi connectivity index (χ0v) is 17.6. The highest BCUT2D eigenvalue weighted by atomic mass is 16.5. The SMILES string of the molecule is COC1CCC(N2C=C(c3ccc(-c4ncn[nH]4)nc3C)N=C3NC(=O)CNC32)CC1. The van der Waals surface area contributed by atoms with Gasteiger partial charge in [-0.05, 0) is 44.7 Å². The number of fused-ring (bicyclic) bond motifs is 1. The Hall–Kier alpha value is -3.11. The highest BCUT2D eigenvalue weighted by Gasteiger charge is 2.37. The second-order valence-corrected chi connectivity index (χ2v) is 8.12. The van der Waals surface area contributed by atoms with Crippen LogP contribution in [0.5, 0.6) is 0 Å². The zero-order valence-electron chi connectivity index (χ0n) is 17.6. The van der Waals surface area contributed by atoms with Crippen molar-refractivity contribution < 1.29 is 9.53 Å². The third-order valence-corrected chi connectivity index (χ3v) is 6.21. The number of rotatable bonds is 4. The number of amides is 1. The van der Waals surface area contributed by atoms with Crippen LogP contribution in [0.2, 0.25) is 0 Å². The fraction of sp³-hybridized carbons (Fsp3) is 0.476. The monoisotopic (exact) mass is 422 g/mol. The molecular formula is C21H26N8O2. The summed E-state index contributed by atoms with van der Waals surface area (Å²) >= 11 is 0. The number of aromatic nitrogens is 4. The van der Waals surface area contributed by atoms with Crippen molar-refractivity contribution in [1.82, 2.24) is 35.7 Å². The van der Waals surface area contributed by atoms with E-state index < -0.39 is 0 Å². The van der Waals surface area contributed by atoms with Gasteiger partial charge in [0.05, 0.1) is 18.3 Å². The number of carbonyl (C=O) groups excluding carboxylic acids is 1. The maximum Gasteiger partial charge on any atom is 0.239 e. The topological polar surface area (TPSA) is 120 Å². The Balaban J connectivity index is 1.48. The number of nitrogens with zero attached hydrogens (tertiary/aromatic N) is 5. The molecule has 1 atom stereocenters. The van der Waals surface area contributed by atoms with Crippen LogP contribution in [-0.2, 0) is 9.53 Å². The molecule has 1 unspecified atom stereocenters. The van der Waals surface area contributed by atoms with Crippen molar-refractivity contribution in [2.24, 2.45) is 4.99 Å². The van der Waals surface area contributed by atoms with Crippen molar-refractivity contribution in [3.8, 4) is 11.5 Å². The molecule has 2 fully saturated rings. The number of aryl methyl sites for hydroxylation is 1. The summed E-state index contributed by atoms with van der Waals surface area (Å²) in [6.07, 6.45) is 7.88. The van der Waals surface area contributed by atoms with E-state index in [0.29, 0.717) is 23.8 Å². The average Bonchev–Trinajstić information content (AvgIpc) is 3.33. The Bertz CT molecular complexity index is 1020. The number of hydrogen-bond acceptors (Lipinski definition) is 8. The summed E-state index contributed by atoms with van der Waals surface area (Å²) in [6.45, 7) is 2.23. The molecule has 1 saturated carbocycles. The van der Waals surface area contributed by atoms with Crippen molar-refractivity contribution in [1.29, 1.82) is 0 Å². The van der Waals surface area contributed by atoms with Crippen molar-refractivity contribution in [2.75, 3.05) is 13.7 Å². The molecule has 2 aromatic heterocycles. The van der Waals surface area contributed by atoms with E-state index in [1.165, 1.54) is 6.33 Å². The van der Waals surface area contributed by atoms with Gasteiger partial charge < -0.3 is 15.0 Å². The first-order chi connectivity index (χ1) is 15.1. The molecule has 5 rings (SSSR count). The molecule has 1 saturated heterocycles. The van der Waals surface area contributed by atoms with E-state index in [9.17, 15) is 4.79 Å². The molecule has 10 nitrogen and oxygen atoms in total. The van der Waals surface area contributed by atoms with Gasteiger partial charge >= 0.3 is 0 Å². The molecule has 1 amide bonds. The molecule has 1 aliphatic carbocycles. The van der Waals surface area contributed by atoms with E-state index in [1.807, 2.05) is 19.1 Å². The second kappa shape index (κ2) is 8.20. The van der Waals surface area contributed by atoms with Gasteiger partial charge in [0.25, 0.3) is 0 Å². The normalized spacial score (nSPS) is 26.1. The van der Waals surface area contributed by atoms with Crippen LogP contribution in [0.4, 0.5) is 0 Å². The molecule has 31 heavy (non-hydrogen) atoms. The summed E-state index contributed by atoms with van der Waals surface area (Å²) in [6, 6.07) is 4.25. The van der Waals surface area contributed by atoms with E-state index in [0.717, 1.165) is 48.3 Å². The molecule has 0 spiro atoms. The second-order valence-electron chi connectivity index (χ2n) is 8.12. The minimum Gasteiger partial charge on any atom is -0.381 e. The Morgan fingerprint density at radius 2 is 2.03 bits per heavy atom. The lowest BCUT2D eigenvalue weighted by molar-refractivity contribution is -0.120. The Kier molecular flexibility index (Phi) is 5.24. The average molecular weight is 422 g/mol. The van der Waals surface area contributed by atoms with E-state index in [4.69, 9.17) is 9.73 Å². The molecule has 162 valence electrons. The minimum atomic E-state index is -0.132. The van der Waals surface area contributed by atoms with E-state index in [1.54, 1.807) is 7.11 Å². The largest absolute Gasteiger partial charge is 0.381 e. The fourth-order valence-corrected chi connectivity index (χ4v) is 4.57. The first kappa shape index (κ1) is 19.8. The molecule has 0 aromatic carbocycles. The number of aromatic amines is 1. The number of pyridine rings is 1. The van der Waals surface area contributed by atoms with Gasteiger partial charge in [-0.2, -0.15) is 5.10 Å². The van der Waals surface area contributed by atoms with Crippen LogP contribution in [0.25, 0.3) is 17.2 Å². The minimum absolute atomic E-state index is 0.0743. The highest BCUT2D eigenvalue weighted by molar-refractivity contribution is 6.06. The van der Waals surface area contributed by atoms with Crippen LogP contribution in [0.15, 0.2) is 29.7 Å². The van der Waals surface area contributed by atoms with Gasteiger partial charge in [-0.15, -0.1) is 0 Å². The Morgan fingerprint density at radius 1 is 1.19 bits per heavy atom. The number of hydrogen-bond donors (Lipinski definition) is 3. The zero-order chi connectivity index (χ0) is 21.4. The maximum atomic E-state index is 12.0. The van der Waals surface area contributed by atoms with Crippen molar-refractivity contribution >= 4 is 17.4 Å². The fourth-order valence-electron chi connectivity index (χ4n) is 4.57. The molecular weight excluding hydrogens is 396 g/mol. The van der Waals surface area contributed by atoms with Crippen LogP contribution in [0.1, 0.15) is 36.9 Å². The van der Waals surface area contributed by atoms with Crippen LogP contribution in [0.3, 0.4) is 0 Å². The van der Waals surface area contributed by atoms with Gasteiger partial charge in [-0.1, -0.05) is 0 Å². The van der Waals surface area contributed by atoms with Gasteiger partial charge in [0.15, 0.2) is 5.82 Å². The maximum absolute atomic E-state index is 12.0. The van der Waals surface area contributed by atoms with E-state index in [-0.39, 0.29) is 18.6 Å². The molecule has 0 radical (unpaired) electrons. The Morgan fingerprint density at radius 3 is 2.74 bits per heavy atom. The molecule has 2 aliphatic heterocycles. The standard InChI is InChI=1S/C21H26N8O2/c1-12-15(7-8-16(25-12)19-23-11-24-28-19)17-10-29(13-3-5-14(31-2)6-4-13)21-20(26-17)27-18(30)9-22-21/h7-8,10-11,13-14,21-22H,3-6,9H2,1-2H3,(H,23,24,28)(H,26,27,30). The Labute approximate surface area is 180 Å². The van der Waals surface area contributed by atoms with Crippen molar-refractivity contribution in [2.45, 2.75) is 50.9 Å². The number of aliphatic imine (C=N–C) groups is 1. The van der Waals surface area contributed by atoms with E-state index in [2.05, 4.69) is 41.9 Å². The summed E-state index contributed by atoms with van der Waals surface area (Å²) in [5.74, 6) is 1.19. The molecule has 3 aliphatic rings. The number of amidine groups is 1. The molecule has 3 N–H and O–H groups in total. The number of methoxy groups -OCH3 is 1. The third kappa shape index (κ3) is 3.84. The van der Waals surface area contributed by atoms with Crippen LogP contribution < -0.4 is 10.6 Å². The lowest BCUT2D eigenvalue weighted by Crippen LogP contribution is -2.64. The summed E-state index contributed by atoms with van der Waals surface area (Å²) in [5.41, 5.74) is 3.27. The molecule has 10 heteroatoms. The van der Waals surface area contributed by atoms with Gasteiger partial charge in [0, 0.05) is 30.6 Å². The first-order valence-corrected chi connectivity index (χ1v) is 10.6. The molecule has 4 heterocycles. The quantitative estimate of drug-likeness (QED) is 0.677. The van der Waals surface area contributed by atoms with Crippen LogP contribution >= 0.6 is 0 Å². The molecule has 0 bridgehead atoms. The predicted octanol–water partition coefficient (Wildman–Crippen LogP) is 1.19. The van der Waals surface area contributed by atoms with Crippen LogP contribution in [0, 0.1) is 6.92 Å². The number of nitrogens with one attached hydrogen (secondary N) is 3. The van der Waals surface area contributed by atoms with Crippen molar-refractivity contribution in [3.63, 3.8) is 0 Å².